The maximum atomic E-state index is 4.14. The smallest absolute Gasteiger partial charge is 0.0772 e. The highest BCUT2D eigenvalue weighted by atomic mass is 15.4. The van der Waals surface area contributed by atoms with Gasteiger partial charge in [0.05, 0.1) is 17.9 Å². The summed E-state index contributed by atoms with van der Waals surface area (Å²) < 4.78 is 1.92. The van der Waals surface area contributed by atoms with E-state index in [9.17, 15) is 0 Å². The highest BCUT2D eigenvalue weighted by molar-refractivity contribution is 5.13. The standard InChI is InChI=1S/C15H29N5/c1-5-15(6-2,20-10-8-9-11-20)14(16-7-3)13-12-17-18-19(13)4/h12,14,16H,5-11H2,1-4H3. The van der Waals surface area contributed by atoms with Crippen LogP contribution in [-0.4, -0.2) is 45.1 Å². The van der Waals surface area contributed by atoms with Gasteiger partial charge in [-0.05, 0) is 45.3 Å². The third-order valence-corrected chi connectivity index (χ3v) is 4.95. The summed E-state index contributed by atoms with van der Waals surface area (Å²) in [5, 5.41) is 11.9. The summed E-state index contributed by atoms with van der Waals surface area (Å²) in [5.74, 6) is 0. The molecule has 0 radical (unpaired) electrons. The molecule has 5 heteroatoms. The third-order valence-electron chi connectivity index (χ3n) is 4.95. The van der Waals surface area contributed by atoms with Gasteiger partial charge in [0, 0.05) is 12.6 Å². The first-order valence-electron chi connectivity index (χ1n) is 8.02. The molecule has 5 nitrogen and oxygen atoms in total. The number of hydrogen-bond donors (Lipinski definition) is 1. The van der Waals surface area contributed by atoms with Crippen molar-refractivity contribution in [1.29, 1.82) is 0 Å². The number of likely N-dealkylation sites (tertiary alicyclic amines) is 1. The van der Waals surface area contributed by atoms with Crippen LogP contribution >= 0.6 is 0 Å². The van der Waals surface area contributed by atoms with Gasteiger partial charge < -0.3 is 5.32 Å². The van der Waals surface area contributed by atoms with Gasteiger partial charge in [0.25, 0.3) is 0 Å². The number of rotatable bonds is 7. The fourth-order valence-corrected chi connectivity index (χ4v) is 3.78. The zero-order valence-electron chi connectivity index (χ0n) is 13.4. The Balaban J connectivity index is 2.39. The lowest BCUT2D eigenvalue weighted by molar-refractivity contribution is 0.0592. The van der Waals surface area contributed by atoms with E-state index in [-0.39, 0.29) is 5.54 Å². The molecular weight excluding hydrogens is 250 g/mol. The van der Waals surface area contributed by atoms with E-state index in [4.69, 9.17) is 0 Å². The maximum absolute atomic E-state index is 4.14. The molecule has 20 heavy (non-hydrogen) atoms. The number of aromatic nitrogens is 3. The van der Waals surface area contributed by atoms with Crippen molar-refractivity contribution < 1.29 is 0 Å². The van der Waals surface area contributed by atoms with Crippen molar-refractivity contribution in [1.82, 2.24) is 25.2 Å². The summed E-state index contributed by atoms with van der Waals surface area (Å²) in [6.07, 6.45) is 6.86. The van der Waals surface area contributed by atoms with Gasteiger partial charge in [0.2, 0.25) is 0 Å². The molecule has 2 heterocycles. The third kappa shape index (κ3) is 2.61. The Morgan fingerprint density at radius 3 is 2.35 bits per heavy atom. The van der Waals surface area contributed by atoms with Crippen LogP contribution in [0.25, 0.3) is 0 Å². The maximum Gasteiger partial charge on any atom is 0.0772 e. The number of likely N-dealkylation sites (N-methyl/N-ethyl adjacent to an activating group) is 1. The molecule has 1 fully saturated rings. The molecule has 0 amide bonds. The topological polar surface area (TPSA) is 46.0 Å². The Hall–Kier alpha value is -0.940. The van der Waals surface area contributed by atoms with Crippen molar-refractivity contribution in [3.63, 3.8) is 0 Å². The lowest BCUT2D eigenvalue weighted by Gasteiger charge is -2.47. The predicted molar refractivity (Wildman–Crippen MR) is 81.5 cm³/mol. The Labute approximate surface area is 122 Å². The SMILES string of the molecule is CCNC(c1cnnn1C)C(CC)(CC)N1CCCC1. The van der Waals surface area contributed by atoms with Gasteiger partial charge >= 0.3 is 0 Å². The van der Waals surface area contributed by atoms with Crippen LogP contribution < -0.4 is 5.32 Å². The van der Waals surface area contributed by atoms with Crippen molar-refractivity contribution in [2.75, 3.05) is 19.6 Å². The van der Waals surface area contributed by atoms with Crippen LogP contribution in [-0.2, 0) is 7.05 Å². The number of aryl methyl sites for hydroxylation is 1. The first-order valence-corrected chi connectivity index (χ1v) is 8.02. The normalized spacial score (nSPS) is 18.6. The summed E-state index contributed by atoms with van der Waals surface area (Å²) in [6, 6.07) is 0.292. The van der Waals surface area contributed by atoms with E-state index in [1.807, 2.05) is 17.9 Å². The zero-order valence-corrected chi connectivity index (χ0v) is 13.4. The number of nitrogens with zero attached hydrogens (tertiary/aromatic N) is 4. The fraction of sp³-hybridized carbons (Fsp3) is 0.867. The molecule has 0 saturated carbocycles. The molecule has 114 valence electrons. The van der Waals surface area contributed by atoms with Gasteiger partial charge in [-0.1, -0.05) is 26.0 Å². The minimum atomic E-state index is 0.169. The van der Waals surface area contributed by atoms with Gasteiger partial charge in [-0.25, -0.2) is 0 Å². The van der Waals surface area contributed by atoms with E-state index >= 15 is 0 Å². The largest absolute Gasteiger partial charge is 0.307 e. The van der Waals surface area contributed by atoms with E-state index in [1.165, 1.54) is 31.6 Å². The molecule has 1 aliphatic heterocycles. The van der Waals surface area contributed by atoms with Crippen LogP contribution in [0.3, 0.4) is 0 Å². The van der Waals surface area contributed by atoms with Gasteiger partial charge in [0.15, 0.2) is 0 Å². The fourth-order valence-electron chi connectivity index (χ4n) is 3.78. The van der Waals surface area contributed by atoms with Gasteiger partial charge in [0.1, 0.15) is 0 Å². The Kier molecular flexibility index (Phi) is 5.16. The van der Waals surface area contributed by atoms with E-state index in [1.54, 1.807) is 0 Å². The average Bonchev–Trinajstić information content (AvgIpc) is 3.11. The molecule has 0 spiro atoms. The van der Waals surface area contributed by atoms with Crippen molar-refractivity contribution in [2.45, 2.75) is 58.0 Å². The second-order valence-corrected chi connectivity index (χ2v) is 5.78. The molecule has 1 aromatic rings. The summed E-state index contributed by atoms with van der Waals surface area (Å²) in [6.45, 7) is 10.2. The molecule has 1 unspecified atom stereocenters. The molecule has 0 aliphatic carbocycles. The molecule has 1 saturated heterocycles. The van der Waals surface area contributed by atoms with Crippen molar-refractivity contribution >= 4 is 0 Å². The van der Waals surface area contributed by atoms with Gasteiger partial charge in [-0.15, -0.1) is 5.10 Å². The molecule has 0 bridgehead atoms. The number of hydrogen-bond acceptors (Lipinski definition) is 4. The summed E-state index contributed by atoms with van der Waals surface area (Å²) in [5.41, 5.74) is 1.37. The van der Waals surface area contributed by atoms with Crippen molar-refractivity contribution in [3.05, 3.63) is 11.9 Å². The first-order chi connectivity index (χ1) is 9.69. The first kappa shape index (κ1) is 15.4. The number of nitrogens with one attached hydrogen (secondary N) is 1. The van der Waals surface area contributed by atoms with E-state index in [0.29, 0.717) is 6.04 Å². The van der Waals surface area contributed by atoms with Crippen molar-refractivity contribution in [2.24, 2.45) is 7.05 Å². The molecule has 2 rings (SSSR count). The average molecular weight is 279 g/mol. The van der Waals surface area contributed by atoms with Crippen LogP contribution in [0.1, 0.15) is 58.2 Å². The minimum absolute atomic E-state index is 0.169. The Bertz CT molecular complexity index is 404. The highest BCUT2D eigenvalue weighted by Gasteiger charge is 2.43. The summed E-state index contributed by atoms with van der Waals surface area (Å²) in [4.78, 5) is 2.69. The van der Waals surface area contributed by atoms with Crippen LogP contribution in [0, 0.1) is 0 Å². The lowest BCUT2D eigenvalue weighted by atomic mass is 9.81. The molecule has 1 N–H and O–H groups in total. The van der Waals surface area contributed by atoms with E-state index in [0.717, 1.165) is 19.4 Å². The summed E-state index contributed by atoms with van der Waals surface area (Å²) >= 11 is 0. The predicted octanol–water partition coefficient (Wildman–Crippen LogP) is 2.12. The highest BCUT2D eigenvalue weighted by Crippen LogP contribution is 2.39. The molecule has 1 aromatic heterocycles. The monoisotopic (exact) mass is 279 g/mol. The molecule has 1 aliphatic rings. The van der Waals surface area contributed by atoms with Crippen LogP contribution in [0.4, 0.5) is 0 Å². The van der Waals surface area contributed by atoms with E-state index < -0.39 is 0 Å². The molecule has 1 atom stereocenters. The lowest BCUT2D eigenvalue weighted by Crippen LogP contribution is -2.55. The van der Waals surface area contributed by atoms with Crippen LogP contribution in [0.5, 0.6) is 0 Å². The van der Waals surface area contributed by atoms with Crippen LogP contribution in [0.2, 0.25) is 0 Å². The molecule has 0 aromatic carbocycles. The Morgan fingerprint density at radius 2 is 1.90 bits per heavy atom. The second-order valence-electron chi connectivity index (χ2n) is 5.78. The summed E-state index contributed by atoms with van der Waals surface area (Å²) in [7, 11) is 1.99. The van der Waals surface area contributed by atoms with Gasteiger partial charge in [-0.2, -0.15) is 0 Å². The second kappa shape index (κ2) is 6.68. The minimum Gasteiger partial charge on any atom is -0.307 e. The Morgan fingerprint density at radius 1 is 1.25 bits per heavy atom. The van der Waals surface area contributed by atoms with Crippen molar-refractivity contribution in [3.8, 4) is 0 Å². The van der Waals surface area contributed by atoms with Crippen LogP contribution in [0.15, 0.2) is 6.20 Å². The van der Waals surface area contributed by atoms with Gasteiger partial charge in [-0.3, -0.25) is 9.58 Å². The molecular formula is C15H29N5. The quantitative estimate of drug-likeness (QED) is 0.830. The zero-order chi connectivity index (χ0) is 14.6. The van der Waals surface area contributed by atoms with E-state index in [2.05, 4.69) is 41.3 Å².